The van der Waals surface area contributed by atoms with Gasteiger partial charge in [0, 0.05) is 20.1 Å². The van der Waals surface area contributed by atoms with E-state index in [1.807, 2.05) is 18.2 Å². The second-order valence-electron chi connectivity index (χ2n) is 5.94. The molecule has 1 saturated heterocycles. The van der Waals surface area contributed by atoms with E-state index in [1.165, 1.54) is 11.8 Å². The Hall–Kier alpha value is -1.80. The molecule has 0 aromatic heterocycles. The van der Waals surface area contributed by atoms with Gasteiger partial charge >= 0.3 is 0 Å². The van der Waals surface area contributed by atoms with E-state index in [-0.39, 0.29) is 24.1 Å². The van der Waals surface area contributed by atoms with Crippen LogP contribution in [0.3, 0.4) is 0 Å². The van der Waals surface area contributed by atoms with Gasteiger partial charge in [0.15, 0.2) is 6.10 Å². The molecule has 2 amide bonds. The van der Waals surface area contributed by atoms with E-state index in [0.29, 0.717) is 11.4 Å². The molecule has 2 aliphatic heterocycles. The number of nitrogens with one attached hydrogen (secondary N) is 1. The van der Waals surface area contributed by atoms with E-state index in [2.05, 4.69) is 10.2 Å². The average molecular weight is 380 g/mol. The lowest BCUT2D eigenvalue weighted by Crippen LogP contribution is -2.50. The number of ether oxygens (including phenoxy) is 1. The van der Waals surface area contributed by atoms with Crippen LogP contribution in [-0.4, -0.2) is 59.6 Å². The topological polar surface area (TPSA) is 61.9 Å². The number of likely N-dealkylation sites (N-methyl/N-ethyl adjacent to an activating group) is 1. The van der Waals surface area contributed by atoms with Crippen molar-refractivity contribution in [1.82, 2.24) is 10.2 Å². The molecule has 1 atom stereocenters. The standard InChI is InChI=1S/C17H21N3O3S2/c1-18-16(22)14-10-20(12-6-2-3-7-13(12)23-14)15(21)11-25-17(24)19-8-4-5-9-19/h2-3,6-7,14H,4-5,8-11H2,1H3,(H,18,22). The molecule has 1 fully saturated rings. The number of rotatable bonds is 3. The molecule has 1 aromatic carbocycles. The Labute approximate surface area is 156 Å². The van der Waals surface area contributed by atoms with E-state index in [1.54, 1.807) is 18.0 Å². The van der Waals surface area contributed by atoms with Gasteiger partial charge in [-0.15, -0.1) is 0 Å². The predicted molar refractivity (Wildman–Crippen MR) is 103 cm³/mol. The lowest BCUT2D eigenvalue weighted by molar-refractivity contribution is -0.127. The lowest BCUT2D eigenvalue weighted by Gasteiger charge is -2.34. The van der Waals surface area contributed by atoms with Crippen LogP contribution in [-0.2, 0) is 9.59 Å². The molecule has 0 radical (unpaired) electrons. The van der Waals surface area contributed by atoms with Gasteiger partial charge in [0.05, 0.1) is 18.0 Å². The third kappa shape index (κ3) is 4.07. The zero-order chi connectivity index (χ0) is 17.8. The number of thioether (sulfide) groups is 1. The second-order valence-corrected chi connectivity index (χ2v) is 7.55. The fourth-order valence-electron chi connectivity index (χ4n) is 2.96. The SMILES string of the molecule is CNC(=O)C1CN(C(=O)CSC(=S)N2CCCC2)c2ccccc2O1. The van der Waals surface area contributed by atoms with E-state index in [4.69, 9.17) is 17.0 Å². The van der Waals surface area contributed by atoms with Gasteiger partial charge in [-0.25, -0.2) is 0 Å². The first-order valence-corrected chi connectivity index (χ1v) is 9.69. The maximum absolute atomic E-state index is 12.8. The maximum Gasteiger partial charge on any atom is 0.262 e. The van der Waals surface area contributed by atoms with Crippen molar-refractivity contribution in [2.24, 2.45) is 0 Å². The van der Waals surface area contributed by atoms with E-state index >= 15 is 0 Å². The van der Waals surface area contributed by atoms with Crippen LogP contribution in [0.15, 0.2) is 24.3 Å². The van der Waals surface area contributed by atoms with E-state index in [0.717, 1.165) is 30.3 Å². The molecule has 134 valence electrons. The van der Waals surface area contributed by atoms with Gasteiger partial charge < -0.3 is 19.9 Å². The smallest absolute Gasteiger partial charge is 0.262 e. The first-order valence-electron chi connectivity index (χ1n) is 8.29. The molecule has 6 nitrogen and oxygen atoms in total. The molecule has 0 saturated carbocycles. The van der Waals surface area contributed by atoms with Crippen LogP contribution < -0.4 is 15.0 Å². The van der Waals surface area contributed by atoms with Crippen molar-refractivity contribution in [3.63, 3.8) is 0 Å². The van der Waals surface area contributed by atoms with Crippen molar-refractivity contribution >= 4 is 45.8 Å². The summed E-state index contributed by atoms with van der Waals surface area (Å²) < 4.78 is 6.50. The van der Waals surface area contributed by atoms with Crippen LogP contribution in [0, 0.1) is 0 Å². The highest BCUT2D eigenvalue weighted by Crippen LogP contribution is 2.33. The number of thiocarbonyl (C=S) groups is 1. The molecule has 0 bridgehead atoms. The molecular formula is C17H21N3O3S2. The molecule has 2 aliphatic rings. The van der Waals surface area contributed by atoms with Gasteiger partial charge in [-0.05, 0) is 25.0 Å². The zero-order valence-electron chi connectivity index (χ0n) is 14.1. The molecule has 1 unspecified atom stereocenters. The molecule has 3 rings (SSSR count). The van der Waals surface area contributed by atoms with Crippen molar-refractivity contribution in [1.29, 1.82) is 0 Å². The minimum absolute atomic E-state index is 0.0730. The summed E-state index contributed by atoms with van der Waals surface area (Å²) in [5.41, 5.74) is 0.695. The summed E-state index contributed by atoms with van der Waals surface area (Å²) in [6, 6.07) is 7.28. The van der Waals surface area contributed by atoms with Crippen LogP contribution >= 0.6 is 24.0 Å². The number of nitrogens with zero attached hydrogens (tertiary/aromatic N) is 2. The Morgan fingerprint density at radius 2 is 2.04 bits per heavy atom. The van der Waals surface area contributed by atoms with Gasteiger partial charge in [0.2, 0.25) is 5.91 Å². The molecule has 2 heterocycles. The van der Waals surface area contributed by atoms with E-state index in [9.17, 15) is 9.59 Å². The maximum atomic E-state index is 12.8. The van der Waals surface area contributed by atoms with Crippen LogP contribution in [0.1, 0.15) is 12.8 Å². The Morgan fingerprint density at radius 3 is 2.76 bits per heavy atom. The monoisotopic (exact) mass is 379 g/mol. The average Bonchev–Trinajstić information content (AvgIpc) is 3.19. The third-order valence-corrected chi connectivity index (χ3v) is 5.81. The van der Waals surface area contributed by atoms with Crippen molar-refractivity contribution < 1.29 is 14.3 Å². The molecular weight excluding hydrogens is 358 g/mol. The number of benzene rings is 1. The zero-order valence-corrected chi connectivity index (χ0v) is 15.7. The van der Waals surface area contributed by atoms with Gasteiger partial charge in [0.25, 0.3) is 5.91 Å². The summed E-state index contributed by atoms with van der Waals surface area (Å²) in [6.07, 6.45) is 1.60. The van der Waals surface area contributed by atoms with Gasteiger partial charge in [0.1, 0.15) is 10.1 Å². The Kier molecular flexibility index (Phi) is 5.80. The summed E-state index contributed by atoms with van der Waals surface area (Å²) in [6.45, 7) is 2.14. The Bertz CT molecular complexity index is 677. The quantitative estimate of drug-likeness (QED) is 0.806. The Morgan fingerprint density at radius 1 is 1.32 bits per heavy atom. The molecule has 1 N–H and O–H groups in total. The van der Waals surface area contributed by atoms with Crippen molar-refractivity contribution in [3.8, 4) is 5.75 Å². The molecule has 8 heteroatoms. The number of anilines is 1. The molecule has 1 aromatic rings. The molecule has 0 spiro atoms. The fourth-order valence-corrected chi connectivity index (χ4v) is 4.09. The predicted octanol–water partition coefficient (Wildman–Crippen LogP) is 1.64. The van der Waals surface area contributed by atoms with Gasteiger partial charge in [-0.2, -0.15) is 0 Å². The summed E-state index contributed by atoms with van der Waals surface area (Å²) in [5.74, 6) is 0.482. The number of carbonyl (C=O) groups excluding carboxylic acids is 2. The lowest BCUT2D eigenvalue weighted by atomic mass is 10.2. The van der Waals surface area contributed by atoms with Gasteiger partial charge in [-0.1, -0.05) is 36.1 Å². The van der Waals surface area contributed by atoms with Crippen molar-refractivity contribution in [2.45, 2.75) is 18.9 Å². The van der Waals surface area contributed by atoms with Gasteiger partial charge in [-0.3, -0.25) is 9.59 Å². The largest absolute Gasteiger partial charge is 0.477 e. The number of hydrogen-bond acceptors (Lipinski definition) is 5. The highest BCUT2D eigenvalue weighted by Gasteiger charge is 2.33. The van der Waals surface area contributed by atoms with Crippen LogP contribution in [0.2, 0.25) is 0 Å². The minimum atomic E-state index is -0.709. The summed E-state index contributed by atoms with van der Waals surface area (Å²) in [7, 11) is 1.56. The number of hydrogen-bond donors (Lipinski definition) is 1. The highest BCUT2D eigenvalue weighted by molar-refractivity contribution is 8.23. The number of amides is 2. The Balaban J connectivity index is 1.69. The normalized spacial score (nSPS) is 19.2. The fraction of sp³-hybridized carbons (Fsp3) is 0.471. The first kappa shape index (κ1) is 18.0. The number of fused-ring (bicyclic) bond motifs is 1. The van der Waals surface area contributed by atoms with Crippen molar-refractivity contribution in [2.75, 3.05) is 37.3 Å². The van der Waals surface area contributed by atoms with Crippen LogP contribution in [0.5, 0.6) is 5.75 Å². The third-order valence-electron chi connectivity index (χ3n) is 4.30. The summed E-state index contributed by atoms with van der Waals surface area (Å²) in [5, 5.41) is 2.58. The van der Waals surface area contributed by atoms with Crippen molar-refractivity contribution in [3.05, 3.63) is 24.3 Å². The number of carbonyl (C=O) groups is 2. The minimum Gasteiger partial charge on any atom is -0.477 e. The van der Waals surface area contributed by atoms with Crippen LogP contribution in [0.25, 0.3) is 0 Å². The van der Waals surface area contributed by atoms with E-state index < -0.39 is 6.10 Å². The van der Waals surface area contributed by atoms with Crippen LogP contribution in [0.4, 0.5) is 5.69 Å². The molecule has 0 aliphatic carbocycles. The number of likely N-dealkylation sites (tertiary alicyclic amines) is 1. The summed E-state index contributed by atoms with van der Waals surface area (Å²) >= 11 is 6.81. The summed E-state index contributed by atoms with van der Waals surface area (Å²) in [4.78, 5) is 28.5. The first-order chi connectivity index (χ1) is 12.1. The second kappa shape index (κ2) is 8.05. The number of para-hydroxylation sites is 2. The highest BCUT2D eigenvalue weighted by atomic mass is 32.2. The molecule has 25 heavy (non-hydrogen) atoms.